The number of carbonyl (C=O) groups excluding carboxylic acids is 1. The maximum atomic E-state index is 12.5. The lowest BCUT2D eigenvalue weighted by Gasteiger charge is -2.22. The van der Waals surface area contributed by atoms with Crippen molar-refractivity contribution < 1.29 is 9.72 Å². The second-order valence-corrected chi connectivity index (χ2v) is 5.55. The Bertz CT molecular complexity index is 529. The number of hydrogen-bond acceptors (Lipinski definition) is 3. The highest BCUT2D eigenvalue weighted by Gasteiger charge is 2.29. The van der Waals surface area contributed by atoms with E-state index >= 15 is 0 Å². The van der Waals surface area contributed by atoms with E-state index in [1.165, 1.54) is 18.2 Å². The van der Waals surface area contributed by atoms with Gasteiger partial charge in [0, 0.05) is 24.2 Å². The predicted octanol–water partition coefficient (Wildman–Crippen LogP) is 3.51. The molecule has 1 aromatic rings. The third kappa shape index (κ3) is 3.48. The van der Waals surface area contributed by atoms with Crippen LogP contribution >= 0.6 is 11.6 Å². The van der Waals surface area contributed by atoms with Gasteiger partial charge in [-0.2, -0.15) is 0 Å². The van der Waals surface area contributed by atoms with Crippen LogP contribution in [0.3, 0.4) is 0 Å². The predicted molar refractivity (Wildman–Crippen MR) is 77.0 cm³/mol. The Morgan fingerprint density at radius 2 is 2.20 bits per heavy atom. The maximum absolute atomic E-state index is 12.5. The minimum absolute atomic E-state index is 0.119. The van der Waals surface area contributed by atoms with E-state index in [1.807, 2.05) is 6.92 Å². The highest BCUT2D eigenvalue weighted by Crippen LogP contribution is 2.31. The number of rotatable bonds is 6. The van der Waals surface area contributed by atoms with Gasteiger partial charge in [-0.3, -0.25) is 14.9 Å². The van der Waals surface area contributed by atoms with E-state index in [1.54, 1.807) is 4.90 Å². The highest BCUT2D eigenvalue weighted by atomic mass is 35.5. The fourth-order valence-corrected chi connectivity index (χ4v) is 2.33. The first-order valence-electron chi connectivity index (χ1n) is 6.76. The summed E-state index contributed by atoms with van der Waals surface area (Å²) in [6.45, 7) is 3.30. The van der Waals surface area contributed by atoms with Gasteiger partial charge in [0.2, 0.25) is 0 Å². The average molecular weight is 297 g/mol. The van der Waals surface area contributed by atoms with Crippen LogP contribution in [0.5, 0.6) is 0 Å². The second-order valence-electron chi connectivity index (χ2n) is 5.11. The van der Waals surface area contributed by atoms with Crippen LogP contribution in [-0.2, 0) is 0 Å². The van der Waals surface area contributed by atoms with E-state index in [0.717, 1.165) is 19.3 Å². The van der Waals surface area contributed by atoms with Gasteiger partial charge in [-0.1, -0.05) is 18.5 Å². The lowest BCUT2D eigenvalue weighted by Crippen LogP contribution is -2.34. The second kappa shape index (κ2) is 6.22. The van der Waals surface area contributed by atoms with Crippen molar-refractivity contribution in [3.8, 4) is 0 Å². The molecule has 5 nitrogen and oxygen atoms in total. The van der Waals surface area contributed by atoms with Gasteiger partial charge in [0.15, 0.2) is 0 Å². The van der Waals surface area contributed by atoms with Gasteiger partial charge in [-0.05, 0) is 37.3 Å². The largest absolute Gasteiger partial charge is 0.338 e. The molecule has 1 aromatic carbocycles. The summed E-state index contributed by atoms with van der Waals surface area (Å²) in [5, 5.41) is 11.3. The molecule has 6 heteroatoms. The van der Waals surface area contributed by atoms with Crippen LogP contribution in [0.1, 0.15) is 36.5 Å². The Labute approximate surface area is 122 Å². The molecule has 0 heterocycles. The Morgan fingerprint density at radius 1 is 1.50 bits per heavy atom. The summed E-state index contributed by atoms with van der Waals surface area (Å²) in [6.07, 6.45) is 3.10. The quantitative estimate of drug-likeness (QED) is 0.596. The van der Waals surface area contributed by atoms with E-state index in [2.05, 4.69) is 0 Å². The molecule has 0 aliphatic heterocycles. The minimum Gasteiger partial charge on any atom is -0.338 e. The molecule has 0 aromatic heterocycles. The molecule has 20 heavy (non-hydrogen) atoms. The molecular weight excluding hydrogens is 280 g/mol. The molecule has 1 fully saturated rings. The smallest absolute Gasteiger partial charge is 0.283 e. The number of benzene rings is 1. The van der Waals surface area contributed by atoms with E-state index in [-0.39, 0.29) is 22.2 Å². The van der Waals surface area contributed by atoms with Crippen molar-refractivity contribution >= 4 is 23.2 Å². The topological polar surface area (TPSA) is 63.5 Å². The number of nitrogens with zero attached hydrogens (tertiary/aromatic N) is 2. The molecule has 0 N–H and O–H groups in total. The summed E-state index contributed by atoms with van der Waals surface area (Å²) in [7, 11) is 0. The number of halogens is 1. The zero-order valence-electron chi connectivity index (χ0n) is 11.3. The molecule has 1 aliphatic carbocycles. The first-order valence-corrected chi connectivity index (χ1v) is 7.14. The van der Waals surface area contributed by atoms with Crippen LogP contribution in [-0.4, -0.2) is 28.8 Å². The number of hydrogen-bond donors (Lipinski definition) is 0. The molecule has 0 unspecified atom stereocenters. The fourth-order valence-electron chi connectivity index (χ4n) is 2.16. The Balaban J connectivity index is 2.27. The number of amides is 1. The van der Waals surface area contributed by atoms with Crippen molar-refractivity contribution in [3.63, 3.8) is 0 Å². The molecular formula is C14H17ClN2O3. The van der Waals surface area contributed by atoms with Crippen LogP contribution in [0, 0.1) is 16.0 Å². The zero-order valence-corrected chi connectivity index (χ0v) is 12.1. The summed E-state index contributed by atoms with van der Waals surface area (Å²) < 4.78 is 0. The van der Waals surface area contributed by atoms with Crippen LogP contribution < -0.4 is 0 Å². The summed E-state index contributed by atoms with van der Waals surface area (Å²) in [5.41, 5.74) is -0.104. The summed E-state index contributed by atoms with van der Waals surface area (Å²) >= 11 is 5.77. The van der Waals surface area contributed by atoms with Crippen molar-refractivity contribution in [2.45, 2.75) is 26.2 Å². The summed E-state index contributed by atoms with van der Waals surface area (Å²) in [6, 6.07) is 4.19. The molecule has 0 saturated heterocycles. The average Bonchev–Trinajstić information content (AvgIpc) is 3.21. The molecule has 0 atom stereocenters. The van der Waals surface area contributed by atoms with Crippen molar-refractivity contribution in [1.82, 2.24) is 4.90 Å². The van der Waals surface area contributed by atoms with Gasteiger partial charge >= 0.3 is 0 Å². The molecule has 108 valence electrons. The molecule has 0 spiro atoms. The van der Waals surface area contributed by atoms with Gasteiger partial charge in [0.05, 0.1) is 4.92 Å². The van der Waals surface area contributed by atoms with Gasteiger partial charge in [0.1, 0.15) is 5.56 Å². The third-order valence-electron chi connectivity index (χ3n) is 3.34. The lowest BCUT2D eigenvalue weighted by atomic mass is 10.1. The summed E-state index contributed by atoms with van der Waals surface area (Å²) in [5.74, 6) is 0.277. The Kier molecular flexibility index (Phi) is 4.60. The molecule has 2 rings (SSSR count). The van der Waals surface area contributed by atoms with Crippen molar-refractivity contribution in [3.05, 3.63) is 38.9 Å². The molecule has 0 bridgehead atoms. The monoisotopic (exact) mass is 296 g/mol. The van der Waals surface area contributed by atoms with E-state index in [0.29, 0.717) is 19.0 Å². The van der Waals surface area contributed by atoms with Crippen LogP contribution in [0.25, 0.3) is 0 Å². The fraction of sp³-hybridized carbons (Fsp3) is 0.500. The van der Waals surface area contributed by atoms with E-state index in [4.69, 9.17) is 11.6 Å². The van der Waals surface area contributed by atoms with Gasteiger partial charge in [0.25, 0.3) is 11.6 Å². The van der Waals surface area contributed by atoms with Gasteiger partial charge in [-0.15, -0.1) is 0 Å². The number of nitro groups is 1. The Morgan fingerprint density at radius 3 is 2.75 bits per heavy atom. The summed E-state index contributed by atoms with van der Waals surface area (Å²) in [4.78, 5) is 24.7. The standard InChI is InChI=1S/C14H17ClN2O3/c1-2-7-16(9-10-3-4-10)14(18)12-6-5-11(15)8-13(12)17(19)20/h5-6,8,10H,2-4,7,9H2,1H3. The van der Waals surface area contributed by atoms with E-state index in [9.17, 15) is 14.9 Å². The van der Waals surface area contributed by atoms with Gasteiger partial charge < -0.3 is 4.90 Å². The molecule has 1 amide bonds. The normalized spacial score (nSPS) is 14.1. The van der Waals surface area contributed by atoms with Crippen molar-refractivity contribution in [1.29, 1.82) is 0 Å². The number of nitro benzene ring substituents is 1. The molecule has 1 saturated carbocycles. The Hall–Kier alpha value is -1.62. The minimum atomic E-state index is -0.555. The van der Waals surface area contributed by atoms with Gasteiger partial charge in [-0.25, -0.2) is 0 Å². The van der Waals surface area contributed by atoms with Crippen molar-refractivity contribution in [2.75, 3.05) is 13.1 Å². The SMILES string of the molecule is CCCN(CC1CC1)C(=O)c1ccc(Cl)cc1[N+](=O)[O-]. The third-order valence-corrected chi connectivity index (χ3v) is 3.58. The first kappa shape index (κ1) is 14.8. The van der Waals surface area contributed by atoms with Crippen LogP contribution in [0.2, 0.25) is 5.02 Å². The highest BCUT2D eigenvalue weighted by molar-refractivity contribution is 6.31. The molecule has 1 aliphatic rings. The van der Waals surface area contributed by atoms with Crippen LogP contribution in [0.15, 0.2) is 18.2 Å². The van der Waals surface area contributed by atoms with Crippen LogP contribution in [0.4, 0.5) is 5.69 Å². The van der Waals surface area contributed by atoms with E-state index < -0.39 is 4.92 Å². The van der Waals surface area contributed by atoms with Crippen molar-refractivity contribution in [2.24, 2.45) is 5.92 Å². The zero-order chi connectivity index (χ0) is 14.7. The lowest BCUT2D eigenvalue weighted by molar-refractivity contribution is -0.385. The first-order chi connectivity index (χ1) is 9.52. The maximum Gasteiger partial charge on any atom is 0.283 e. The number of carbonyl (C=O) groups is 1. The molecule has 0 radical (unpaired) electrons.